The zero-order chi connectivity index (χ0) is 15.4. The lowest BCUT2D eigenvalue weighted by Crippen LogP contribution is -2.33. The molecule has 0 unspecified atom stereocenters. The van der Waals surface area contributed by atoms with Crippen LogP contribution in [0, 0.1) is 5.41 Å². The molecule has 2 N–H and O–H groups in total. The van der Waals surface area contributed by atoms with Crippen molar-refractivity contribution in [3.8, 4) is 0 Å². The first-order valence-electron chi connectivity index (χ1n) is 6.62. The molecule has 5 heteroatoms. The van der Waals surface area contributed by atoms with Crippen LogP contribution in [-0.4, -0.2) is 12.6 Å². The molecular formula is C16H17F2N3. The van der Waals surface area contributed by atoms with E-state index in [-0.39, 0.29) is 5.70 Å². The molecule has 2 rings (SSSR count). The smallest absolute Gasteiger partial charge is 0.279 e. The van der Waals surface area contributed by atoms with Crippen molar-refractivity contribution in [2.45, 2.75) is 19.8 Å². The van der Waals surface area contributed by atoms with Crippen LogP contribution in [0.5, 0.6) is 0 Å². The molecule has 21 heavy (non-hydrogen) atoms. The molecule has 0 aromatic heterocycles. The summed E-state index contributed by atoms with van der Waals surface area (Å²) in [7, 11) is 0. The summed E-state index contributed by atoms with van der Waals surface area (Å²) in [4.78, 5) is 1.60. The van der Waals surface area contributed by atoms with Crippen LogP contribution < -0.4 is 10.2 Å². The van der Waals surface area contributed by atoms with Crippen LogP contribution >= 0.6 is 0 Å². The Morgan fingerprint density at radius 3 is 2.52 bits per heavy atom. The lowest BCUT2D eigenvalue weighted by atomic mass is 10.1. The largest absolute Gasteiger partial charge is 0.351 e. The summed E-state index contributed by atoms with van der Waals surface area (Å²) in [5, 5.41) is 9.72. The van der Waals surface area contributed by atoms with Gasteiger partial charge in [0.2, 0.25) is 0 Å². The van der Waals surface area contributed by atoms with E-state index < -0.39 is 6.43 Å². The second-order valence-electron chi connectivity index (χ2n) is 4.59. The predicted molar refractivity (Wildman–Crippen MR) is 81.5 cm³/mol. The van der Waals surface area contributed by atoms with Crippen LogP contribution in [0.4, 0.5) is 14.5 Å². The standard InChI is InChI=1S/C16H17F2N3/c1-3-12-4-6-13(7-5-12)21-10-15(16(17)18)20-14(8-9-19)11(21)2/h4-10,16,19-20H,2-3H2,1H3/b14-8-,19-9?. The Bertz CT molecular complexity index is 600. The highest BCUT2D eigenvalue weighted by Gasteiger charge is 2.23. The van der Waals surface area contributed by atoms with Gasteiger partial charge in [-0.1, -0.05) is 25.6 Å². The van der Waals surface area contributed by atoms with Crippen LogP contribution in [0.2, 0.25) is 0 Å². The van der Waals surface area contributed by atoms with E-state index >= 15 is 0 Å². The average molecular weight is 289 g/mol. The number of rotatable bonds is 4. The Balaban J connectivity index is 2.42. The van der Waals surface area contributed by atoms with Crippen LogP contribution in [0.25, 0.3) is 0 Å². The maximum Gasteiger partial charge on any atom is 0.279 e. The maximum absolute atomic E-state index is 13.0. The highest BCUT2D eigenvalue weighted by atomic mass is 19.3. The molecule has 3 nitrogen and oxygen atoms in total. The van der Waals surface area contributed by atoms with Crippen molar-refractivity contribution in [1.82, 2.24) is 5.32 Å². The molecule has 0 atom stereocenters. The van der Waals surface area contributed by atoms with Crippen molar-refractivity contribution < 1.29 is 8.78 Å². The third kappa shape index (κ3) is 3.18. The summed E-state index contributed by atoms with van der Waals surface area (Å²) in [6.45, 7) is 5.96. The van der Waals surface area contributed by atoms with E-state index in [2.05, 4.69) is 18.8 Å². The number of halogens is 2. The number of hydrogen-bond acceptors (Lipinski definition) is 3. The molecule has 1 aromatic rings. The summed E-state index contributed by atoms with van der Waals surface area (Å²) in [5.74, 6) is 0. The van der Waals surface area contributed by atoms with E-state index in [0.29, 0.717) is 11.4 Å². The topological polar surface area (TPSA) is 39.1 Å². The number of allylic oxidation sites excluding steroid dienone is 2. The molecule has 0 saturated heterocycles. The minimum atomic E-state index is -2.62. The molecule has 110 valence electrons. The van der Waals surface area contributed by atoms with Crippen molar-refractivity contribution in [2.24, 2.45) is 0 Å². The van der Waals surface area contributed by atoms with E-state index in [0.717, 1.165) is 18.3 Å². The van der Waals surface area contributed by atoms with Crippen molar-refractivity contribution in [3.63, 3.8) is 0 Å². The summed E-state index contributed by atoms with van der Waals surface area (Å²) in [6.07, 6.45) is 2.09. The SMILES string of the molecule is C=C1/C(=C/C=N)NC(C(F)F)=CN1c1ccc(CC)cc1. The fourth-order valence-corrected chi connectivity index (χ4v) is 2.06. The van der Waals surface area contributed by atoms with Gasteiger partial charge >= 0.3 is 0 Å². The Labute approximate surface area is 122 Å². The van der Waals surface area contributed by atoms with E-state index in [9.17, 15) is 8.78 Å². The molecule has 1 aromatic carbocycles. The first-order chi connectivity index (χ1) is 10.1. The summed E-state index contributed by atoms with van der Waals surface area (Å²) < 4.78 is 26.0. The monoisotopic (exact) mass is 289 g/mol. The van der Waals surface area contributed by atoms with Crippen LogP contribution in [-0.2, 0) is 6.42 Å². The lowest BCUT2D eigenvalue weighted by molar-refractivity contribution is 0.181. The van der Waals surface area contributed by atoms with Gasteiger partial charge in [-0.05, 0) is 30.2 Å². The quantitative estimate of drug-likeness (QED) is 0.827. The van der Waals surface area contributed by atoms with E-state index in [4.69, 9.17) is 5.41 Å². The molecule has 0 amide bonds. The first-order valence-corrected chi connectivity index (χ1v) is 6.62. The van der Waals surface area contributed by atoms with Crippen LogP contribution in [0.1, 0.15) is 12.5 Å². The molecule has 1 aliphatic rings. The van der Waals surface area contributed by atoms with E-state index in [1.165, 1.54) is 17.8 Å². The highest BCUT2D eigenvalue weighted by Crippen LogP contribution is 2.28. The molecule has 1 aliphatic heterocycles. The number of nitrogens with zero attached hydrogens (tertiary/aromatic N) is 1. The zero-order valence-corrected chi connectivity index (χ0v) is 11.7. The molecule has 1 heterocycles. The van der Waals surface area contributed by atoms with Crippen molar-refractivity contribution in [2.75, 3.05) is 4.90 Å². The summed E-state index contributed by atoms with van der Waals surface area (Å²) in [6, 6.07) is 7.66. The molecule has 0 bridgehead atoms. The fraction of sp³-hybridized carbons (Fsp3) is 0.188. The van der Waals surface area contributed by atoms with Gasteiger partial charge in [-0.2, -0.15) is 0 Å². The number of benzene rings is 1. The Morgan fingerprint density at radius 2 is 2.00 bits per heavy atom. The average Bonchev–Trinajstić information content (AvgIpc) is 2.49. The van der Waals surface area contributed by atoms with Gasteiger partial charge < -0.3 is 15.6 Å². The van der Waals surface area contributed by atoms with Gasteiger partial charge in [0.25, 0.3) is 6.43 Å². The van der Waals surface area contributed by atoms with Gasteiger partial charge in [-0.25, -0.2) is 8.78 Å². The molecule has 0 spiro atoms. The third-order valence-electron chi connectivity index (χ3n) is 3.26. The molecule has 0 saturated carbocycles. The summed E-state index contributed by atoms with van der Waals surface area (Å²) >= 11 is 0. The van der Waals surface area contributed by atoms with Gasteiger partial charge in [0.15, 0.2) is 0 Å². The summed E-state index contributed by atoms with van der Waals surface area (Å²) in [5.41, 5.74) is 2.63. The Morgan fingerprint density at radius 1 is 1.33 bits per heavy atom. The van der Waals surface area contributed by atoms with Gasteiger partial charge in [0, 0.05) is 18.1 Å². The first kappa shape index (κ1) is 15.0. The molecule has 0 fully saturated rings. The zero-order valence-electron chi connectivity index (χ0n) is 11.7. The third-order valence-corrected chi connectivity index (χ3v) is 3.26. The van der Waals surface area contributed by atoms with Crippen molar-refractivity contribution in [1.29, 1.82) is 5.41 Å². The van der Waals surface area contributed by atoms with Crippen LogP contribution in [0.3, 0.4) is 0 Å². The number of alkyl halides is 2. The number of nitrogens with one attached hydrogen (secondary N) is 2. The van der Waals surface area contributed by atoms with Gasteiger partial charge in [-0.15, -0.1) is 0 Å². The van der Waals surface area contributed by atoms with Gasteiger partial charge in [-0.3, -0.25) is 0 Å². The second kappa shape index (κ2) is 6.35. The predicted octanol–water partition coefficient (Wildman–Crippen LogP) is 3.81. The minimum absolute atomic E-state index is 0.213. The highest BCUT2D eigenvalue weighted by molar-refractivity contribution is 5.73. The number of anilines is 1. The Kier molecular flexibility index (Phi) is 4.52. The Hall–Kier alpha value is -2.43. The minimum Gasteiger partial charge on any atom is -0.351 e. The molecule has 0 aliphatic carbocycles. The van der Waals surface area contributed by atoms with E-state index in [1.807, 2.05) is 24.3 Å². The van der Waals surface area contributed by atoms with Crippen molar-refractivity contribution >= 4 is 11.9 Å². The van der Waals surface area contributed by atoms with Crippen molar-refractivity contribution in [3.05, 3.63) is 65.8 Å². The fourth-order valence-electron chi connectivity index (χ4n) is 2.06. The maximum atomic E-state index is 13.0. The van der Waals surface area contributed by atoms with Gasteiger partial charge in [0.05, 0.1) is 17.1 Å². The van der Waals surface area contributed by atoms with Crippen LogP contribution in [0.15, 0.2) is 60.2 Å². The second-order valence-corrected chi connectivity index (χ2v) is 4.59. The van der Waals surface area contributed by atoms with E-state index in [1.54, 1.807) is 4.90 Å². The number of aryl methyl sites for hydroxylation is 1. The lowest BCUT2D eigenvalue weighted by Gasteiger charge is -2.31. The molecule has 0 radical (unpaired) electrons. The normalized spacial score (nSPS) is 17.0. The number of hydrogen-bond donors (Lipinski definition) is 2. The van der Waals surface area contributed by atoms with Gasteiger partial charge in [0.1, 0.15) is 0 Å². The molecular weight excluding hydrogens is 272 g/mol.